The van der Waals surface area contributed by atoms with Crippen LogP contribution < -0.4 is 4.74 Å². The van der Waals surface area contributed by atoms with E-state index in [2.05, 4.69) is 10.1 Å². The highest BCUT2D eigenvalue weighted by molar-refractivity contribution is 7.19. The van der Waals surface area contributed by atoms with Crippen molar-refractivity contribution in [2.24, 2.45) is 0 Å². The van der Waals surface area contributed by atoms with Gasteiger partial charge in [-0.05, 0) is 42.0 Å². The van der Waals surface area contributed by atoms with E-state index in [9.17, 15) is 13.6 Å². The van der Waals surface area contributed by atoms with Crippen molar-refractivity contribution in [1.29, 1.82) is 0 Å². The summed E-state index contributed by atoms with van der Waals surface area (Å²) in [4.78, 5) is 18.0. The normalized spacial score (nSPS) is 12.5. The van der Waals surface area contributed by atoms with Crippen molar-refractivity contribution < 1.29 is 23.0 Å². The lowest BCUT2D eigenvalue weighted by Gasteiger charge is -2.09. The summed E-state index contributed by atoms with van der Waals surface area (Å²) < 4.78 is 39.7. The van der Waals surface area contributed by atoms with E-state index in [1.807, 2.05) is 6.07 Å². The molecule has 0 N–H and O–H groups in total. The highest BCUT2D eigenvalue weighted by atomic mass is 32.1. The molecular formula is C22H15F2N3O3S. The van der Waals surface area contributed by atoms with Crippen LogP contribution in [0, 0.1) is 11.6 Å². The molecule has 31 heavy (non-hydrogen) atoms. The Hall–Kier alpha value is -3.59. The molecule has 0 saturated carbocycles. The summed E-state index contributed by atoms with van der Waals surface area (Å²) in [6, 6.07) is 10.4. The van der Waals surface area contributed by atoms with Crippen LogP contribution in [0.2, 0.25) is 0 Å². The monoisotopic (exact) mass is 439 g/mol. The molecule has 0 atom stereocenters. The Morgan fingerprint density at radius 2 is 2.06 bits per heavy atom. The largest absolute Gasteiger partial charge is 0.493 e. The van der Waals surface area contributed by atoms with E-state index < -0.39 is 17.6 Å². The van der Waals surface area contributed by atoms with Crippen LogP contribution in [-0.4, -0.2) is 34.5 Å². The second-order valence-corrected chi connectivity index (χ2v) is 7.91. The number of methoxy groups -OCH3 is 1. The predicted molar refractivity (Wildman–Crippen MR) is 111 cm³/mol. The third-order valence-corrected chi connectivity index (χ3v) is 6.20. The Morgan fingerprint density at radius 3 is 2.87 bits per heavy atom. The van der Waals surface area contributed by atoms with Gasteiger partial charge in [-0.2, -0.15) is 5.10 Å². The number of thiophene rings is 1. The number of carbonyl (C=O) groups excluding carboxylic acids is 1. The van der Waals surface area contributed by atoms with E-state index in [0.29, 0.717) is 30.2 Å². The zero-order valence-electron chi connectivity index (χ0n) is 16.3. The second-order valence-electron chi connectivity index (χ2n) is 6.86. The average molecular weight is 439 g/mol. The van der Waals surface area contributed by atoms with Gasteiger partial charge in [0.15, 0.2) is 11.6 Å². The number of fused-ring (bicyclic) bond motifs is 3. The van der Waals surface area contributed by atoms with Crippen LogP contribution in [-0.2, 0) is 11.2 Å². The Balaban J connectivity index is 1.63. The Kier molecular flexibility index (Phi) is 4.74. The van der Waals surface area contributed by atoms with Gasteiger partial charge in [-0.1, -0.05) is 0 Å². The van der Waals surface area contributed by atoms with Crippen molar-refractivity contribution in [3.63, 3.8) is 0 Å². The van der Waals surface area contributed by atoms with Crippen molar-refractivity contribution >= 4 is 17.3 Å². The van der Waals surface area contributed by atoms with Crippen molar-refractivity contribution in [2.45, 2.75) is 6.42 Å². The maximum absolute atomic E-state index is 14.4. The highest BCUT2D eigenvalue weighted by Gasteiger charge is 2.23. The fourth-order valence-electron chi connectivity index (χ4n) is 3.54. The highest BCUT2D eigenvalue weighted by Crippen LogP contribution is 2.44. The Bertz CT molecular complexity index is 1320. The Morgan fingerprint density at radius 1 is 1.19 bits per heavy atom. The van der Waals surface area contributed by atoms with Crippen LogP contribution >= 0.6 is 11.3 Å². The number of carbonyl (C=O) groups is 1. The van der Waals surface area contributed by atoms with Gasteiger partial charge in [0, 0.05) is 22.9 Å². The van der Waals surface area contributed by atoms with Crippen molar-refractivity contribution in [1.82, 2.24) is 14.8 Å². The maximum Gasteiger partial charge on any atom is 0.337 e. The summed E-state index contributed by atoms with van der Waals surface area (Å²) in [5.41, 5.74) is 2.33. The average Bonchev–Trinajstić information content (AvgIpc) is 3.37. The number of benzene rings is 2. The van der Waals surface area contributed by atoms with Gasteiger partial charge in [-0.3, -0.25) is 0 Å². The van der Waals surface area contributed by atoms with Crippen molar-refractivity contribution in [2.75, 3.05) is 13.7 Å². The number of esters is 1. The molecule has 2 aromatic heterocycles. The van der Waals surface area contributed by atoms with Crippen LogP contribution in [0.4, 0.5) is 8.78 Å². The molecule has 9 heteroatoms. The smallest absolute Gasteiger partial charge is 0.337 e. The second kappa shape index (κ2) is 7.59. The molecule has 0 fully saturated rings. The molecule has 0 amide bonds. The minimum absolute atomic E-state index is 0.106. The molecule has 5 rings (SSSR count). The number of rotatable bonds is 3. The van der Waals surface area contributed by atoms with Gasteiger partial charge >= 0.3 is 5.97 Å². The predicted octanol–water partition coefficient (Wildman–Crippen LogP) is 4.66. The summed E-state index contributed by atoms with van der Waals surface area (Å²) in [6.07, 6.45) is 1.99. The van der Waals surface area contributed by atoms with Gasteiger partial charge in [0.1, 0.15) is 23.6 Å². The van der Waals surface area contributed by atoms with E-state index >= 15 is 0 Å². The minimum Gasteiger partial charge on any atom is -0.493 e. The fraction of sp³-hybridized carbons (Fsp3) is 0.136. The zero-order valence-corrected chi connectivity index (χ0v) is 17.1. The minimum atomic E-state index is -0.730. The summed E-state index contributed by atoms with van der Waals surface area (Å²) >= 11 is 1.44. The molecule has 156 valence electrons. The number of ether oxygens (including phenoxy) is 2. The van der Waals surface area contributed by atoms with Gasteiger partial charge in [-0.15, -0.1) is 11.3 Å². The topological polar surface area (TPSA) is 66.2 Å². The first kappa shape index (κ1) is 19.4. The first-order valence-electron chi connectivity index (χ1n) is 9.39. The molecule has 0 unspecified atom stereocenters. The van der Waals surface area contributed by atoms with Crippen LogP contribution in [0.1, 0.15) is 15.9 Å². The molecule has 2 aromatic carbocycles. The SMILES string of the molecule is COC(=O)c1ccc2c(c1)-c1sc(-c3ncnn3-c3ccc(F)cc3F)cc1CCO2. The third kappa shape index (κ3) is 3.36. The molecule has 3 heterocycles. The van der Waals surface area contributed by atoms with Gasteiger partial charge in [0.2, 0.25) is 0 Å². The maximum atomic E-state index is 14.4. The van der Waals surface area contributed by atoms with Crippen LogP contribution in [0.15, 0.2) is 48.8 Å². The van der Waals surface area contributed by atoms with E-state index in [-0.39, 0.29) is 5.69 Å². The quantitative estimate of drug-likeness (QED) is 0.435. The number of aromatic nitrogens is 3. The molecule has 1 aliphatic heterocycles. The molecule has 0 bridgehead atoms. The number of hydrogen-bond acceptors (Lipinski definition) is 6. The zero-order chi connectivity index (χ0) is 21.5. The molecule has 6 nitrogen and oxygen atoms in total. The van der Waals surface area contributed by atoms with Crippen LogP contribution in [0.25, 0.3) is 26.8 Å². The van der Waals surface area contributed by atoms with E-state index in [1.54, 1.807) is 18.2 Å². The summed E-state index contributed by atoms with van der Waals surface area (Å²) in [5, 5.41) is 4.13. The lowest BCUT2D eigenvalue weighted by molar-refractivity contribution is 0.0600. The van der Waals surface area contributed by atoms with E-state index in [4.69, 9.17) is 9.47 Å². The molecule has 0 radical (unpaired) electrons. The molecule has 1 aliphatic rings. The van der Waals surface area contributed by atoms with E-state index in [1.165, 1.54) is 41.6 Å². The molecule has 0 aliphatic carbocycles. The fourth-order valence-corrected chi connectivity index (χ4v) is 4.75. The molecule has 0 spiro atoms. The number of nitrogens with zero attached hydrogens (tertiary/aromatic N) is 3. The van der Waals surface area contributed by atoms with Crippen LogP contribution in [0.3, 0.4) is 0 Å². The van der Waals surface area contributed by atoms with Crippen molar-refractivity contribution in [3.8, 4) is 32.6 Å². The standard InChI is InChI=1S/C22H15F2N3O3S/c1-29-22(28)13-2-5-18-15(8-13)20-12(6-7-30-18)9-19(31-20)21-25-11-26-27(21)17-4-3-14(23)10-16(17)24/h2-5,8-11H,6-7H2,1H3. The Labute approximate surface area is 179 Å². The third-order valence-electron chi connectivity index (χ3n) is 4.99. The molecular weight excluding hydrogens is 424 g/mol. The van der Waals surface area contributed by atoms with Crippen LogP contribution in [0.5, 0.6) is 5.75 Å². The molecule has 4 aromatic rings. The van der Waals surface area contributed by atoms with E-state index in [0.717, 1.165) is 26.9 Å². The number of hydrogen-bond donors (Lipinski definition) is 0. The first-order valence-corrected chi connectivity index (χ1v) is 10.2. The van der Waals surface area contributed by atoms with Gasteiger partial charge in [-0.25, -0.2) is 23.2 Å². The first-order chi connectivity index (χ1) is 15.0. The lowest BCUT2D eigenvalue weighted by atomic mass is 10.0. The summed E-state index contributed by atoms with van der Waals surface area (Å²) in [6.45, 7) is 0.479. The van der Waals surface area contributed by atoms with Gasteiger partial charge in [0.25, 0.3) is 0 Å². The summed E-state index contributed by atoms with van der Waals surface area (Å²) in [7, 11) is 1.33. The van der Waals surface area contributed by atoms with Gasteiger partial charge in [0.05, 0.1) is 24.2 Å². The number of halogens is 2. The summed E-state index contributed by atoms with van der Waals surface area (Å²) in [5.74, 6) is -0.715. The van der Waals surface area contributed by atoms with Gasteiger partial charge < -0.3 is 9.47 Å². The molecule has 0 saturated heterocycles. The lowest BCUT2D eigenvalue weighted by Crippen LogP contribution is -2.03. The van der Waals surface area contributed by atoms with Crippen molar-refractivity contribution in [3.05, 3.63) is 71.6 Å².